The van der Waals surface area contributed by atoms with Crippen LogP contribution in [0.1, 0.15) is 16.7 Å². The monoisotopic (exact) mass is 309 g/mol. The van der Waals surface area contributed by atoms with Crippen molar-refractivity contribution in [3.8, 4) is 0 Å². The molecule has 0 spiro atoms. The third-order valence-electron chi connectivity index (χ3n) is 4.22. The summed E-state index contributed by atoms with van der Waals surface area (Å²) in [6.07, 6.45) is 1.81. The summed E-state index contributed by atoms with van der Waals surface area (Å²) in [5, 5.41) is 9.34. The lowest BCUT2D eigenvalue weighted by molar-refractivity contribution is 0.239. The van der Waals surface area contributed by atoms with Crippen LogP contribution in [0.15, 0.2) is 54.6 Å². The van der Waals surface area contributed by atoms with Crippen LogP contribution < -0.4 is 16.0 Å². The third-order valence-corrected chi connectivity index (χ3v) is 4.22. The van der Waals surface area contributed by atoms with Crippen molar-refractivity contribution >= 4 is 6.03 Å². The predicted octanol–water partition coefficient (Wildman–Crippen LogP) is 2.24. The van der Waals surface area contributed by atoms with Gasteiger partial charge in [0.05, 0.1) is 0 Å². The second-order valence-corrected chi connectivity index (χ2v) is 5.92. The van der Waals surface area contributed by atoms with Crippen LogP contribution in [0.4, 0.5) is 4.79 Å². The minimum atomic E-state index is -0.0958. The minimum Gasteiger partial charge on any atom is -0.338 e. The molecule has 3 N–H and O–H groups in total. The first-order valence-electron chi connectivity index (χ1n) is 8.17. The molecule has 0 radical (unpaired) electrons. The van der Waals surface area contributed by atoms with E-state index in [1.165, 1.54) is 16.7 Å². The molecule has 3 rings (SSSR count). The summed E-state index contributed by atoms with van der Waals surface area (Å²) >= 11 is 0. The van der Waals surface area contributed by atoms with E-state index in [1.54, 1.807) is 0 Å². The van der Waals surface area contributed by atoms with Crippen LogP contribution in [0.25, 0.3) is 0 Å². The van der Waals surface area contributed by atoms with Crippen LogP contribution >= 0.6 is 0 Å². The summed E-state index contributed by atoms with van der Waals surface area (Å²) in [5.41, 5.74) is 3.97. The third kappa shape index (κ3) is 4.57. The zero-order chi connectivity index (χ0) is 15.9. The molecular formula is C19H23N3O. The van der Waals surface area contributed by atoms with E-state index in [2.05, 4.69) is 52.3 Å². The van der Waals surface area contributed by atoms with Gasteiger partial charge in [0.2, 0.25) is 0 Å². The van der Waals surface area contributed by atoms with Crippen LogP contribution in [0.3, 0.4) is 0 Å². The Morgan fingerprint density at radius 1 is 1.00 bits per heavy atom. The second-order valence-electron chi connectivity index (χ2n) is 5.92. The number of fused-ring (bicyclic) bond motifs is 1. The number of amides is 2. The van der Waals surface area contributed by atoms with Gasteiger partial charge in [0.15, 0.2) is 0 Å². The maximum absolute atomic E-state index is 11.9. The Morgan fingerprint density at radius 2 is 1.74 bits per heavy atom. The molecule has 1 aliphatic heterocycles. The highest BCUT2D eigenvalue weighted by atomic mass is 16.2. The predicted molar refractivity (Wildman–Crippen MR) is 92.3 cm³/mol. The molecule has 0 saturated heterocycles. The number of benzene rings is 2. The smallest absolute Gasteiger partial charge is 0.314 e. The summed E-state index contributed by atoms with van der Waals surface area (Å²) in [5.74, 6) is 0. The van der Waals surface area contributed by atoms with Gasteiger partial charge in [-0.15, -0.1) is 0 Å². The first-order valence-corrected chi connectivity index (χ1v) is 8.17. The molecule has 0 saturated carbocycles. The molecule has 0 aliphatic carbocycles. The van der Waals surface area contributed by atoms with Crippen LogP contribution in [0.2, 0.25) is 0 Å². The normalized spacial score (nSPS) is 16.4. The van der Waals surface area contributed by atoms with Gasteiger partial charge < -0.3 is 16.0 Å². The van der Waals surface area contributed by atoms with Crippen LogP contribution in [0.5, 0.6) is 0 Å². The molecule has 4 heteroatoms. The lowest BCUT2D eigenvalue weighted by Crippen LogP contribution is -2.47. The minimum absolute atomic E-state index is 0.0958. The summed E-state index contributed by atoms with van der Waals surface area (Å²) in [6, 6.07) is 18.8. The zero-order valence-corrected chi connectivity index (χ0v) is 13.2. The molecular weight excluding hydrogens is 286 g/mol. The number of rotatable bonds is 5. The van der Waals surface area contributed by atoms with E-state index >= 15 is 0 Å². The molecule has 0 bridgehead atoms. The van der Waals surface area contributed by atoms with Crippen LogP contribution in [-0.2, 0) is 19.4 Å². The standard InChI is InChI=1S/C19H23N3O/c23-19(20-11-10-15-6-2-1-3-7-15)22-14-18-12-16-8-4-5-9-17(16)13-21-18/h1-9,18,21H,10-14H2,(H2,20,22,23)/t18-/m0/s1. The Labute approximate surface area is 137 Å². The fraction of sp³-hybridized carbons (Fsp3) is 0.316. The van der Waals surface area contributed by atoms with Crippen molar-refractivity contribution in [2.45, 2.75) is 25.4 Å². The molecule has 1 heterocycles. The molecule has 2 aromatic rings. The number of urea groups is 1. The quantitative estimate of drug-likeness (QED) is 0.793. The molecule has 0 unspecified atom stereocenters. The van der Waals surface area contributed by atoms with Gasteiger partial charge in [0.25, 0.3) is 0 Å². The van der Waals surface area contributed by atoms with Crippen molar-refractivity contribution in [2.24, 2.45) is 0 Å². The molecule has 4 nitrogen and oxygen atoms in total. The van der Waals surface area contributed by atoms with Gasteiger partial charge in [-0.3, -0.25) is 0 Å². The Morgan fingerprint density at radius 3 is 2.57 bits per heavy atom. The van der Waals surface area contributed by atoms with Gasteiger partial charge in [0.1, 0.15) is 0 Å². The fourth-order valence-electron chi connectivity index (χ4n) is 2.91. The highest BCUT2D eigenvalue weighted by molar-refractivity contribution is 5.73. The van der Waals surface area contributed by atoms with E-state index in [-0.39, 0.29) is 6.03 Å². The van der Waals surface area contributed by atoms with E-state index in [0.717, 1.165) is 19.4 Å². The topological polar surface area (TPSA) is 53.2 Å². The Kier molecular flexibility index (Phi) is 5.27. The highest BCUT2D eigenvalue weighted by Gasteiger charge is 2.17. The maximum Gasteiger partial charge on any atom is 0.314 e. The molecule has 0 fully saturated rings. The summed E-state index contributed by atoms with van der Waals surface area (Å²) < 4.78 is 0. The highest BCUT2D eigenvalue weighted by Crippen LogP contribution is 2.15. The van der Waals surface area contributed by atoms with Crippen molar-refractivity contribution in [3.05, 3.63) is 71.3 Å². The van der Waals surface area contributed by atoms with Gasteiger partial charge in [-0.25, -0.2) is 4.79 Å². The molecule has 2 amide bonds. The van der Waals surface area contributed by atoms with Crippen LogP contribution in [-0.4, -0.2) is 25.2 Å². The molecule has 1 atom stereocenters. The van der Waals surface area contributed by atoms with Gasteiger partial charge in [-0.1, -0.05) is 54.6 Å². The second kappa shape index (κ2) is 7.79. The summed E-state index contributed by atoms with van der Waals surface area (Å²) in [7, 11) is 0. The number of hydrogen-bond donors (Lipinski definition) is 3. The van der Waals surface area contributed by atoms with E-state index in [9.17, 15) is 4.79 Å². The molecule has 2 aromatic carbocycles. The van der Waals surface area contributed by atoms with E-state index < -0.39 is 0 Å². The SMILES string of the molecule is O=C(NCCc1ccccc1)NC[C@@H]1Cc2ccccc2CN1. The average molecular weight is 309 g/mol. The largest absolute Gasteiger partial charge is 0.338 e. The first kappa shape index (κ1) is 15.6. The molecule has 0 aromatic heterocycles. The number of nitrogens with one attached hydrogen (secondary N) is 3. The van der Waals surface area contributed by atoms with E-state index in [4.69, 9.17) is 0 Å². The molecule has 23 heavy (non-hydrogen) atoms. The van der Waals surface area contributed by atoms with Gasteiger partial charge >= 0.3 is 6.03 Å². The first-order chi connectivity index (χ1) is 11.3. The van der Waals surface area contributed by atoms with Gasteiger partial charge in [0, 0.05) is 25.7 Å². The lowest BCUT2D eigenvalue weighted by Gasteiger charge is -2.26. The van der Waals surface area contributed by atoms with Crippen molar-refractivity contribution < 1.29 is 4.79 Å². The number of hydrogen-bond acceptors (Lipinski definition) is 2. The number of carbonyl (C=O) groups is 1. The van der Waals surface area contributed by atoms with E-state index in [0.29, 0.717) is 19.1 Å². The van der Waals surface area contributed by atoms with Crippen molar-refractivity contribution in [1.82, 2.24) is 16.0 Å². The van der Waals surface area contributed by atoms with Gasteiger partial charge in [-0.05, 0) is 29.5 Å². The maximum atomic E-state index is 11.9. The molecule has 1 aliphatic rings. The zero-order valence-electron chi connectivity index (χ0n) is 13.2. The van der Waals surface area contributed by atoms with Crippen molar-refractivity contribution in [1.29, 1.82) is 0 Å². The average Bonchev–Trinajstić information content (AvgIpc) is 2.61. The van der Waals surface area contributed by atoms with Crippen molar-refractivity contribution in [2.75, 3.05) is 13.1 Å². The molecule has 120 valence electrons. The fourth-order valence-corrected chi connectivity index (χ4v) is 2.91. The Balaban J connectivity index is 1.37. The van der Waals surface area contributed by atoms with Crippen LogP contribution in [0, 0.1) is 0 Å². The lowest BCUT2D eigenvalue weighted by atomic mass is 9.96. The summed E-state index contributed by atoms with van der Waals surface area (Å²) in [4.78, 5) is 11.9. The van der Waals surface area contributed by atoms with Crippen molar-refractivity contribution in [3.63, 3.8) is 0 Å². The van der Waals surface area contributed by atoms with Gasteiger partial charge in [-0.2, -0.15) is 0 Å². The number of carbonyl (C=O) groups excluding carboxylic acids is 1. The Bertz CT molecular complexity index is 642. The Hall–Kier alpha value is -2.33. The summed E-state index contributed by atoms with van der Waals surface area (Å²) in [6.45, 7) is 2.17. The van der Waals surface area contributed by atoms with E-state index in [1.807, 2.05) is 18.2 Å².